The summed E-state index contributed by atoms with van der Waals surface area (Å²) in [7, 11) is 1.64. The second-order valence-corrected chi connectivity index (χ2v) is 6.72. The number of benzene rings is 2. The number of hydrogen-bond acceptors (Lipinski definition) is 3. The van der Waals surface area contributed by atoms with E-state index in [1.807, 2.05) is 0 Å². The summed E-state index contributed by atoms with van der Waals surface area (Å²) in [6.07, 6.45) is -8.10. The molecule has 0 saturated heterocycles. The molecule has 2 rings (SSSR count). The standard InChI is InChI=1S/C21H20F6N2O2/c1-4-29(3)12-28-17-9-8-16(13(2)18(17)21(25,26)27)19(30)31-11-14-6-5-7-15(10-14)20(22,23)24/h5-10,12H,4,11H2,1-3H3. The van der Waals surface area contributed by atoms with Gasteiger partial charge in [0.25, 0.3) is 0 Å². The first-order valence-electron chi connectivity index (χ1n) is 9.13. The van der Waals surface area contributed by atoms with Crippen molar-refractivity contribution >= 4 is 18.0 Å². The van der Waals surface area contributed by atoms with E-state index in [0.29, 0.717) is 6.54 Å². The molecule has 4 nitrogen and oxygen atoms in total. The molecule has 0 aliphatic carbocycles. The molecule has 0 aromatic heterocycles. The van der Waals surface area contributed by atoms with Crippen molar-refractivity contribution in [3.63, 3.8) is 0 Å². The van der Waals surface area contributed by atoms with Gasteiger partial charge in [0.15, 0.2) is 0 Å². The topological polar surface area (TPSA) is 41.9 Å². The van der Waals surface area contributed by atoms with Crippen LogP contribution >= 0.6 is 0 Å². The maximum atomic E-state index is 13.6. The summed E-state index contributed by atoms with van der Waals surface area (Å²) in [5.41, 5.74) is -3.03. The maximum absolute atomic E-state index is 13.6. The maximum Gasteiger partial charge on any atom is 0.418 e. The van der Waals surface area contributed by atoms with Gasteiger partial charge in [0, 0.05) is 13.6 Å². The number of alkyl halides is 6. The van der Waals surface area contributed by atoms with Gasteiger partial charge in [-0.15, -0.1) is 0 Å². The molecule has 0 amide bonds. The number of carbonyl (C=O) groups is 1. The predicted octanol–water partition coefficient (Wildman–Crippen LogP) is 6.00. The van der Waals surface area contributed by atoms with Crippen LogP contribution in [0.3, 0.4) is 0 Å². The van der Waals surface area contributed by atoms with E-state index in [-0.39, 0.29) is 22.4 Å². The largest absolute Gasteiger partial charge is 0.457 e. The Morgan fingerprint density at radius 2 is 1.77 bits per heavy atom. The molecule has 10 heteroatoms. The Bertz CT molecular complexity index is 967. The molecule has 0 N–H and O–H groups in total. The van der Waals surface area contributed by atoms with Gasteiger partial charge in [-0.05, 0) is 49.2 Å². The summed E-state index contributed by atoms with van der Waals surface area (Å²) in [4.78, 5) is 17.8. The molecule has 0 aliphatic rings. The van der Waals surface area contributed by atoms with Gasteiger partial charge in [-0.3, -0.25) is 0 Å². The smallest absolute Gasteiger partial charge is 0.418 e. The molecule has 0 saturated carbocycles. The fourth-order valence-electron chi connectivity index (χ4n) is 2.69. The highest BCUT2D eigenvalue weighted by atomic mass is 19.4. The van der Waals surface area contributed by atoms with E-state index in [4.69, 9.17) is 4.74 Å². The van der Waals surface area contributed by atoms with Crippen LogP contribution in [0.5, 0.6) is 0 Å². The van der Waals surface area contributed by atoms with Crippen LogP contribution in [0, 0.1) is 6.92 Å². The number of nitrogens with zero attached hydrogens (tertiary/aromatic N) is 2. The van der Waals surface area contributed by atoms with Crippen LogP contribution < -0.4 is 0 Å². The van der Waals surface area contributed by atoms with Crippen molar-refractivity contribution in [1.29, 1.82) is 0 Å². The average molecular weight is 446 g/mol. The first-order valence-corrected chi connectivity index (χ1v) is 9.13. The zero-order valence-electron chi connectivity index (χ0n) is 16.9. The Kier molecular flexibility index (Phi) is 7.35. The lowest BCUT2D eigenvalue weighted by atomic mass is 10.00. The highest BCUT2D eigenvalue weighted by Gasteiger charge is 2.37. The first kappa shape index (κ1) is 24.2. The molecule has 0 spiro atoms. The fraction of sp³-hybridized carbons (Fsp3) is 0.333. The van der Waals surface area contributed by atoms with E-state index >= 15 is 0 Å². The molecular weight excluding hydrogens is 426 g/mol. The Balaban J connectivity index is 2.30. The minimum Gasteiger partial charge on any atom is -0.457 e. The van der Waals surface area contributed by atoms with Gasteiger partial charge in [0.05, 0.1) is 28.7 Å². The van der Waals surface area contributed by atoms with Crippen LogP contribution in [0.4, 0.5) is 32.0 Å². The minimum absolute atomic E-state index is 0.0562. The zero-order chi connectivity index (χ0) is 23.4. The van der Waals surface area contributed by atoms with Crippen LogP contribution in [-0.4, -0.2) is 30.8 Å². The normalized spacial score (nSPS) is 12.3. The van der Waals surface area contributed by atoms with Gasteiger partial charge in [-0.2, -0.15) is 26.3 Å². The third-order valence-corrected chi connectivity index (χ3v) is 4.46. The van der Waals surface area contributed by atoms with Crippen LogP contribution in [0.15, 0.2) is 41.4 Å². The van der Waals surface area contributed by atoms with Gasteiger partial charge in [-0.1, -0.05) is 12.1 Å². The monoisotopic (exact) mass is 446 g/mol. The van der Waals surface area contributed by atoms with Crippen molar-refractivity contribution in [2.75, 3.05) is 13.6 Å². The van der Waals surface area contributed by atoms with Crippen LogP contribution in [0.1, 0.15) is 39.5 Å². The van der Waals surface area contributed by atoms with Crippen molar-refractivity contribution < 1.29 is 35.9 Å². The third-order valence-electron chi connectivity index (χ3n) is 4.46. The number of halogens is 6. The highest BCUT2D eigenvalue weighted by Crippen LogP contribution is 2.40. The highest BCUT2D eigenvalue weighted by molar-refractivity contribution is 5.92. The van der Waals surface area contributed by atoms with Gasteiger partial charge >= 0.3 is 18.3 Å². The molecule has 168 valence electrons. The number of hydrogen-bond donors (Lipinski definition) is 0. The summed E-state index contributed by atoms with van der Waals surface area (Å²) in [6, 6.07) is 6.34. The molecule has 31 heavy (non-hydrogen) atoms. The Hall–Kier alpha value is -3.04. The van der Waals surface area contributed by atoms with Crippen LogP contribution in [-0.2, 0) is 23.7 Å². The van der Waals surface area contributed by atoms with Crippen molar-refractivity contribution in [1.82, 2.24) is 4.90 Å². The lowest BCUT2D eigenvalue weighted by Crippen LogP contribution is -2.16. The number of rotatable bonds is 6. The molecule has 0 bridgehead atoms. The predicted molar refractivity (Wildman–Crippen MR) is 103 cm³/mol. The van der Waals surface area contributed by atoms with Crippen molar-refractivity contribution in [3.05, 3.63) is 64.2 Å². The van der Waals surface area contributed by atoms with E-state index in [2.05, 4.69) is 4.99 Å². The Labute approximate surface area is 175 Å². The molecular formula is C21H20F6N2O2. The van der Waals surface area contributed by atoms with E-state index < -0.39 is 36.1 Å². The van der Waals surface area contributed by atoms with Crippen LogP contribution in [0.25, 0.3) is 0 Å². The molecule has 0 aliphatic heterocycles. The van der Waals surface area contributed by atoms with E-state index in [0.717, 1.165) is 37.3 Å². The molecule has 0 fully saturated rings. The number of ether oxygens (including phenoxy) is 1. The van der Waals surface area contributed by atoms with Crippen molar-refractivity contribution in [2.24, 2.45) is 4.99 Å². The van der Waals surface area contributed by atoms with Gasteiger partial charge in [-0.25, -0.2) is 9.79 Å². The summed E-state index contributed by atoms with van der Waals surface area (Å²) in [5, 5.41) is 0. The summed E-state index contributed by atoms with van der Waals surface area (Å²) in [5.74, 6) is -1.08. The van der Waals surface area contributed by atoms with E-state index in [9.17, 15) is 31.1 Å². The van der Waals surface area contributed by atoms with Crippen molar-refractivity contribution in [2.45, 2.75) is 32.8 Å². The summed E-state index contributed by atoms with van der Waals surface area (Å²) < 4.78 is 84.2. The second-order valence-electron chi connectivity index (χ2n) is 6.72. The number of aliphatic imine (C=N–C) groups is 1. The quantitative estimate of drug-likeness (QED) is 0.237. The Morgan fingerprint density at radius 1 is 1.10 bits per heavy atom. The van der Waals surface area contributed by atoms with Gasteiger partial charge in [0.2, 0.25) is 0 Å². The minimum atomic E-state index is -4.78. The second kappa shape index (κ2) is 9.40. The molecule has 2 aromatic carbocycles. The SMILES string of the molecule is CCN(C)C=Nc1ccc(C(=O)OCc2cccc(C(F)(F)F)c2)c(C)c1C(F)(F)F. The molecule has 2 aromatic rings. The molecule has 0 radical (unpaired) electrons. The van der Waals surface area contributed by atoms with Gasteiger partial charge in [0.1, 0.15) is 6.61 Å². The summed E-state index contributed by atoms with van der Waals surface area (Å²) >= 11 is 0. The third kappa shape index (κ3) is 6.22. The fourth-order valence-corrected chi connectivity index (χ4v) is 2.69. The average Bonchev–Trinajstić information content (AvgIpc) is 2.68. The number of esters is 1. The molecule has 0 heterocycles. The number of carbonyl (C=O) groups excluding carboxylic acids is 1. The van der Waals surface area contributed by atoms with Crippen LogP contribution in [0.2, 0.25) is 0 Å². The zero-order valence-corrected chi connectivity index (χ0v) is 16.9. The molecule has 0 atom stereocenters. The van der Waals surface area contributed by atoms with E-state index in [1.165, 1.54) is 12.4 Å². The molecule has 0 unspecified atom stereocenters. The lowest BCUT2D eigenvalue weighted by molar-refractivity contribution is -0.138. The Morgan fingerprint density at radius 3 is 2.35 bits per heavy atom. The van der Waals surface area contributed by atoms with Gasteiger partial charge < -0.3 is 9.64 Å². The van der Waals surface area contributed by atoms with Crippen molar-refractivity contribution in [3.8, 4) is 0 Å². The lowest BCUT2D eigenvalue weighted by Gasteiger charge is -2.17. The summed E-state index contributed by atoms with van der Waals surface area (Å²) in [6.45, 7) is 2.92. The first-order chi connectivity index (χ1) is 14.3. The van der Waals surface area contributed by atoms with E-state index in [1.54, 1.807) is 18.9 Å².